The second kappa shape index (κ2) is 3.88. The quantitative estimate of drug-likeness (QED) is 0.682. The van der Waals surface area contributed by atoms with Crippen molar-refractivity contribution >= 4 is 21.6 Å². The number of aromatic nitrogens is 2. The van der Waals surface area contributed by atoms with Crippen LogP contribution in [0, 0.1) is 0 Å². The van der Waals surface area contributed by atoms with E-state index in [0.29, 0.717) is 0 Å². The van der Waals surface area contributed by atoms with Crippen LogP contribution in [0.1, 0.15) is 0 Å². The first-order valence-electron chi connectivity index (χ1n) is 3.21. The van der Waals surface area contributed by atoms with Gasteiger partial charge in [-0.25, -0.2) is 18.1 Å². The number of imidazole rings is 1. The summed E-state index contributed by atoms with van der Waals surface area (Å²) < 4.78 is 24.7. The van der Waals surface area contributed by atoms with Crippen molar-refractivity contribution in [2.24, 2.45) is 0 Å². The monoisotopic (exact) mass is 209 g/mol. The van der Waals surface area contributed by atoms with E-state index in [0.717, 1.165) is 0 Å². The molecule has 0 aliphatic heterocycles. The highest BCUT2D eigenvalue weighted by atomic mass is 35.5. The number of hydrogen-bond acceptors (Lipinski definition) is 3. The lowest BCUT2D eigenvalue weighted by molar-refractivity contribution is 0.581. The number of sulfonamides is 1. The van der Waals surface area contributed by atoms with Crippen LogP contribution in [-0.2, 0) is 10.0 Å². The molecule has 2 N–H and O–H groups in total. The Morgan fingerprint density at radius 2 is 2.42 bits per heavy atom. The van der Waals surface area contributed by atoms with Crippen LogP contribution in [0.25, 0.3) is 0 Å². The van der Waals surface area contributed by atoms with Crippen molar-refractivity contribution in [3.05, 3.63) is 12.5 Å². The third-order valence-corrected chi connectivity index (χ3v) is 2.72. The van der Waals surface area contributed by atoms with Gasteiger partial charge in [0.05, 0.1) is 12.5 Å². The number of H-pyrrole nitrogens is 1. The van der Waals surface area contributed by atoms with Gasteiger partial charge in [0.15, 0.2) is 5.03 Å². The molecular weight excluding hydrogens is 202 g/mol. The highest BCUT2D eigenvalue weighted by Crippen LogP contribution is 2.00. The number of halogens is 1. The molecule has 0 radical (unpaired) electrons. The van der Waals surface area contributed by atoms with Gasteiger partial charge >= 0.3 is 0 Å². The summed E-state index contributed by atoms with van der Waals surface area (Å²) >= 11 is 5.32. The maximum Gasteiger partial charge on any atom is 0.257 e. The molecule has 68 valence electrons. The van der Waals surface area contributed by atoms with Gasteiger partial charge in [-0.05, 0) is 0 Å². The third-order valence-electron chi connectivity index (χ3n) is 1.15. The first kappa shape index (κ1) is 9.50. The van der Waals surface area contributed by atoms with E-state index < -0.39 is 10.0 Å². The number of hydrogen-bond donors (Lipinski definition) is 2. The zero-order valence-corrected chi connectivity index (χ0v) is 7.69. The van der Waals surface area contributed by atoms with Gasteiger partial charge < -0.3 is 4.98 Å². The van der Waals surface area contributed by atoms with Crippen LogP contribution in [-0.4, -0.2) is 30.8 Å². The van der Waals surface area contributed by atoms with Crippen LogP contribution in [0.2, 0.25) is 0 Å². The molecule has 0 amide bonds. The van der Waals surface area contributed by atoms with Crippen molar-refractivity contribution in [3.8, 4) is 0 Å². The molecule has 1 aromatic rings. The van der Waals surface area contributed by atoms with Crippen molar-refractivity contribution < 1.29 is 8.42 Å². The second-order valence-electron chi connectivity index (χ2n) is 2.00. The fourth-order valence-corrected chi connectivity index (χ4v) is 1.78. The van der Waals surface area contributed by atoms with Crippen LogP contribution >= 0.6 is 11.6 Å². The van der Waals surface area contributed by atoms with Crippen LogP contribution < -0.4 is 4.72 Å². The minimum atomic E-state index is -3.43. The third kappa shape index (κ3) is 2.20. The van der Waals surface area contributed by atoms with Crippen LogP contribution in [0.5, 0.6) is 0 Å². The molecule has 5 nitrogen and oxygen atoms in total. The molecular formula is C5H8ClN3O2S. The predicted octanol–water partition coefficient (Wildman–Crippen LogP) is -0.0732. The van der Waals surface area contributed by atoms with Crippen molar-refractivity contribution in [1.82, 2.24) is 14.7 Å². The molecule has 0 aliphatic carbocycles. The smallest absolute Gasteiger partial charge is 0.257 e. The maximum atomic E-state index is 11.2. The fraction of sp³-hybridized carbons (Fsp3) is 0.400. The van der Waals surface area contributed by atoms with Crippen LogP contribution in [0.4, 0.5) is 0 Å². The maximum absolute atomic E-state index is 11.2. The summed E-state index contributed by atoms with van der Waals surface area (Å²) in [5.41, 5.74) is 0. The summed E-state index contributed by atoms with van der Waals surface area (Å²) in [6.07, 6.45) is 2.53. The molecule has 0 bridgehead atoms. The van der Waals surface area contributed by atoms with Gasteiger partial charge in [-0.1, -0.05) is 0 Å². The normalized spacial score (nSPS) is 11.8. The molecule has 0 aliphatic rings. The number of nitrogens with zero attached hydrogens (tertiary/aromatic N) is 1. The molecule has 0 atom stereocenters. The summed E-state index contributed by atoms with van der Waals surface area (Å²) in [5.74, 6) is 0.243. The zero-order valence-electron chi connectivity index (χ0n) is 6.12. The van der Waals surface area contributed by atoms with E-state index in [1.165, 1.54) is 12.5 Å². The van der Waals surface area contributed by atoms with Gasteiger partial charge in [-0.15, -0.1) is 11.6 Å². The van der Waals surface area contributed by atoms with E-state index in [1.807, 2.05) is 0 Å². The Morgan fingerprint density at radius 1 is 1.67 bits per heavy atom. The zero-order chi connectivity index (χ0) is 9.03. The van der Waals surface area contributed by atoms with Gasteiger partial charge in [0.2, 0.25) is 0 Å². The lowest BCUT2D eigenvalue weighted by Gasteiger charge is -2.00. The molecule has 1 aromatic heterocycles. The minimum Gasteiger partial charge on any atom is -0.335 e. The summed E-state index contributed by atoms with van der Waals surface area (Å²) in [7, 11) is -3.43. The topological polar surface area (TPSA) is 74.8 Å². The van der Waals surface area contributed by atoms with Crippen molar-refractivity contribution in [1.29, 1.82) is 0 Å². The van der Waals surface area contributed by atoms with Crippen molar-refractivity contribution in [2.45, 2.75) is 5.03 Å². The number of nitrogens with one attached hydrogen (secondary N) is 2. The summed E-state index contributed by atoms with van der Waals surface area (Å²) in [6.45, 7) is 0.211. The highest BCUT2D eigenvalue weighted by Gasteiger charge is 2.13. The Morgan fingerprint density at radius 3 is 2.92 bits per heavy atom. The summed E-state index contributed by atoms with van der Waals surface area (Å²) in [6, 6.07) is 0. The highest BCUT2D eigenvalue weighted by molar-refractivity contribution is 7.89. The molecule has 12 heavy (non-hydrogen) atoms. The molecule has 0 saturated heterocycles. The Balaban J connectivity index is 2.74. The van der Waals surface area contributed by atoms with Gasteiger partial charge in [0.1, 0.15) is 0 Å². The molecule has 0 spiro atoms. The predicted molar refractivity (Wildman–Crippen MR) is 44.5 cm³/mol. The Kier molecular flexibility index (Phi) is 3.07. The van der Waals surface area contributed by atoms with E-state index in [4.69, 9.17) is 11.6 Å². The van der Waals surface area contributed by atoms with Gasteiger partial charge in [0.25, 0.3) is 10.0 Å². The molecule has 1 heterocycles. The molecule has 1 rings (SSSR count). The lowest BCUT2D eigenvalue weighted by Crippen LogP contribution is -2.25. The molecule has 7 heteroatoms. The molecule has 0 saturated carbocycles. The Hall–Kier alpha value is -0.590. The van der Waals surface area contributed by atoms with E-state index in [2.05, 4.69) is 14.7 Å². The molecule has 0 unspecified atom stereocenters. The van der Waals surface area contributed by atoms with Crippen molar-refractivity contribution in [2.75, 3.05) is 12.4 Å². The Bertz CT molecular complexity index is 320. The summed E-state index contributed by atoms with van der Waals surface area (Å²) in [5, 5.41) is 0.0487. The van der Waals surface area contributed by atoms with Gasteiger partial charge in [0, 0.05) is 12.4 Å². The van der Waals surface area contributed by atoms with Gasteiger partial charge in [-0.3, -0.25) is 0 Å². The van der Waals surface area contributed by atoms with Crippen LogP contribution in [0.15, 0.2) is 17.6 Å². The first-order chi connectivity index (χ1) is 5.67. The standard InChI is InChI=1S/C5H8ClN3O2S/c6-1-2-9-12(10,11)5-3-7-4-8-5/h3-4,9H,1-2H2,(H,7,8). The minimum absolute atomic E-state index is 0.0487. The SMILES string of the molecule is O=S(=O)(NCCCl)c1cnc[nH]1. The van der Waals surface area contributed by atoms with E-state index in [-0.39, 0.29) is 17.5 Å². The van der Waals surface area contributed by atoms with Crippen molar-refractivity contribution in [3.63, 3.8) is 0 Å². The van der Waals surface area contributed by atoms with Gasteiger partial charge in [-0.2, -0.15) is 0 Å². The number of aromatic amines is 1. The fourth-order valence-electron chi connectivity index (χ4n) is 0.641. The van der Waals surface area contributed by atoms with E-state index >= 15 is 0 Å². The first-order valence-corrected chi connectivity index (χ1v) is 5.22. The largest absolute Gasteiger partial charge is 0.335 e. The average Bonchev–Trinajstić information content (AvgIpc) is 2.53. The van der Waals surface area contributed by atoms with E-state index in [1.54, 1.807) is 0 Å². The average molecular weight is 210 g/mol. The lowest BCUT2D eigenvalue weighted by atomic mass is 10.8. The second-order valence-corrected chi connectivity index (χ2v) is 4.12. The molecule has 0 aromatic carbocycles. The number of rotatable bonds is 4. The number of alkyl halides is 1. The summed E-state index contributed by atoms with van der Waals surface area (Å²) in [4.78, 5) is 6.07. The Labute approximate surface area is 75.2 Å². The van der Waals surface area contributed by atoms with E-state index in [9.17, 15) is 8.42 Å². The molecule has 0 fully saturated rings. The van der Waals surface area contributed by atoms with Crippen LogP contribution in [0.3, 0.4) is 0 Å².